The van der Waals surface area contributed by atoms with Crippen molar-refractivity contribution in [1.29, 1.82) is 0 Å². The van der Waals surface area contributed by atoms with Crippen molar-refractivity contribution < 1.29 is 0 Å². The molecule has 3 nitrogen and oxygen atoms in total. The van der Waals surface area contributed by atoms with Gasteiger partial charge in [-0.05, 0) is 30.8 Å². The summed E-state index contributed by atoms with van der Waals surface area (Å²) in [5.41, 5.74) is 0. The van der Waals surface area contributed by atoms with E-state index in [1.807, 2.05) is 6.20 Å². The number of nitrogens with one attached hydrogen (secondary N) is 1. The number of hydrogen-bond acceptors (Lipinski definition) is 3. The van der Waals surface area contributed by atoms with Crippen LogP contribution in [0.15, 0.2) is 12.3 Å². The molecule has 0 aliphatic carbocycles. The molecule has 0 bridgehead atoms. The second-order valence-electron chi connectivity index (χ2n) is 4.32. The van der Waals surface area contributed by atoms with E-state index in [0.717, 1.165) is 6.54 Å². The molecule has 1 saturated heterocycles. The third-order valence-electron chi connectivity index (χ3n) is 3.01. The van der Waals surface area contributed by atoms with Crippen LogP contribution in [-0.2, 0) is 6.54 Å². The molecular weight excluding hydrogens is 218 g/mol. The Labute approximate surface area is 102 Å². The lowest BCUT2D eigenvalue weighted by Crippen LogP contribution is -2.26. The van der Waals surface area contributed by atoms with Gasteiger partial charge in [0.25, 0.3) is 0 Å². The van der Waals surface area contributed by atoms with Gasteiger partial charge in [-0.1, -0.05) is 13.3 Å². The molecule has 1 N–H and O–H groups in total. The van der Waals surface area contributed by atoms with Gasteiger partial charge in [-0.2, -0.15) is 16.9 Å². The van der Waals surface area contributed by atoms with Crippen molar-refractivity contribution in [1.82, 2.24) is 9.78 Å². The van der Waals surface area contributed by atoms with Crippen LogP contribution in [0.5, 0.6) is 0 Å². The monoisotopic (exact) mass is 239 g/mol. The lowest BCUT2D eigenvalue weighted by molar-refractivity contribution is 0.566. The second-order valence-corrected chi connectivity index (χ2v) is 5.55. The SMILES string of the molecule is CCCCn1nccc1NC1CCSCC1. The Kier molecular flexibility index (Phi) is 4.57. The molecule has 1 aliphatic rings. The molecule has 1 aromatic rings. The third-order valence-corrected chi connectivity index (χ3v) is 4.06. The molecule has 0 spiro atoms. The smallest absolute Gasteiger partial charge is 0.124 e. The molecule has 4 heteroatoms. The van der Waals surface area contributed by atoms with Crippen LogP contribution in [0.3, 0.4) is 0 Å². The van der Waals surface area contributed by atoms with E-state index in [2.05, 4.69) is 39.8 Å². The number of aryl methyl sites for hydroxylation is 1. The van der Waals surface area contributed by atoms with Crippen molar-refractivity contribution in [3.05, 3.63) is 12.3 Å². The molecule has 0 saturated carbocycles. The van der Waals surface area contributed by atoms with Crippen LogP contribution in [0, 0.1) is 0 Å². The van der Waals surface area contributed by atoms with Crippen molar-refractivity contribution in [2.75, 3.05) is 16.8 Å². The number of aromatic nitrogens is 2. The zero-order valence-corrected chi connectivity index (χ0v) is 10.8. The molecule has 1 aliphatic heterocycles. The Hall–Kier alpha value is -0.640. The van der Waals surface area contributed by atoms with E-state index in [1.165, 1.54) is 43.0 Å². The maximum atomic E-state index is 4.37. The van der Waals surface area contributed by atoms with Crippen LogP contribution < -0.4 is 5.32 Å². The molecule has 1 aromatic heterocycles. The summed E-state index contributed by atoms with van der Waals surface area (Å²) in [6, 6.07) is 2.75. The van der Waals surface area contributed by atoms with E-state index in [1.54, 1.807) is 0 Å². The summed E-state index contributed by atoms with van der Waals surface area (Å²) in [6.45, 7) is 3.25. The van der Waals surface area contributed by atoms with Crippen LogP contribution in [-0.4, -0.2) is 27.3 Å². The normalized spacial score (nSPS) is 17.6. The Balaban J connectivity index is 1.89. The van der Waals surface area contributed by atoms with Crippen molar-refractivity contribution in [2.45, 2.75) is 45.2 Å². The Morgan fingerprint density at radius 1 is 1.50 bits per heavy atom. The topological polar surface area (TPSA) is 29.9 Å². The molecule has 0 radical (unpaired) electrons. The summed E-state index contributed by atoms with van der Waals surface area (Å²) in [6.07, 6.45) is 6.89. The number of nitrogens with zero attached hydrogens (tertiary/aromatic N) is 2. The predicted molar refractivity (Wildman–Crippen MR) is 71.1 cm³/mol. The van der Waals surface area contributed by atoms with Gasteiger partial charge in [-0.25, -0.2) is 4.68 Å². The maximum absolute atomic E-state index is 4.37. The summed E-state index contributed by atoms with van der Waals surface area (Å²) in [5, 5.41) is 7.99. The minimum atomic E-state index is 0.651. The van der Waals surface area contributed by atoms with E-state index in [-0.39, 0.29) is 0 Å². The lowest BCUT2D eigenvalue weighted by Gasteiger charge is -2.23. The third kappa shape index (κ3) is 3.17. The number of anilines is 1. The summed E-state index contributed by atoms with van der Waals surface area (Å²) in [7, 11) is 0. The van der Waals surface area contributed by atoms with Gasteiger partial charge in [0.05, 0.1) is 6.20 Å². The highest BCUT2D eigenvalue weighted by Crippen LogP contribution is 2.20. The first kappa shape index (κ1) is 11.8. The Morgan fingerprint density at radius 3 is 3.06 bits per heavy atom. The molecule has 90 valence electrons. The fourth-order valence-electron chi connectivity index (χ4n) is 1.99. The second kappa shape index (κ2) is 6.18. The first-order chi connectivity index (χ1) is 7.90. The standard InChI is InChI=1S/C12H21N3S/c1-2-3-8-15-12(4-7-13-15)14-11-5-9-16-10-6-11/h4,7,11,14H,2-3,5-6,8-10H2,1H3. The summed E-state index contributed by atoms with van der Waals surface area (Å²) < 4.78 is 2.10. The Morgan fingerprint density at radius 2 is 2.31 bits per heavy atom. The van der Waals surface area contributed by atoms with Gasteiger partial charge in [-0.15, -0.1) is 0 Å². The van der Waals surface area contributed by atoms with Crippen LogP contribution in [0.1, 0.15) is 32.6 Å². The van der Waals surface area contributed by atoms with Crippen LogP contribution in [0.25, 0.3) is 0 Å². The maximum Gasteiger partial charge on any atom is 0.124 e. The van der Waals surface area contributed by atoms with Gasteiger partial charge in [0.1, 0.15) is 5.82 Å². The molecule has 0 atom stereocenters. The Bertz CT molecular complexity index is 305. The van der Waals surface area contributed by atoms with Crippen LogP contribution >= 0.6 is 11.8 Å². The summed E-state index contributed by atoms with van der Waals surface area (Å²) >= 11 is 2.07. The average molecular weight is 239 g/mol. The largest absolute Gasteiger partial charge is 0.367 e. The van der Waals surface area contributed by atoms with E-state index < -0.39 is 0 Å². The molecule has 0 amide bonds. The van der Waals surface area contributed by atoms with E-state index in [4.69, 9.17) is 0 Å². The lowest BCUT2D eigenvalue weighted by atomic mass is 10.1. The van der Waals surface area contributed by atoms with Gasteiger partial charge in [0.2, 0.25) is 0 Å². The zero-order chi connectivity index (χ0) is 11.2. The molecule has 16 heavy (non-hydrogen) atoms. The summed E-state index contributed by atoms with van der Waals surface area (Å²) in [5.74, 6) is 3.78. The first-order valence-corrected chi connectivity index (χ1v) is 7.41. The van der Waals surface area contributed by atoms with E-state index in [9.17, 15) is 0 Å². The van der Waals surface area contributed by atoms with E-state index >= 15 is 0 Å². The van der Waals surface area contributed by atoms with Crippen molar-refractivity contribution in [3.63, 3.8) is 0 Å². The number of hydrogen-bond donors (Lipinski definition) is 1. The van der Waals surface area contributed by atoms with Crippen molar-refractivity contribution in [3.8, 4) is 0 Å². The quantitative estimate of drug-likeness (QED) is 0.856. The molecule has 2 rings (SSSR count). The molecule has 0 unspecified atom stereocenters. The van der Waals surface area contributed by atoms with Crippen LogP contribution in [0.2, 0.25) is 0 Å². The highest BCUT2D eigenvalue weighted by atomic mass is 32.2. The highest BCUT2D eigenvalue weighted by molar-refractivity contribution is 7.99. The van der Waals surface area contributed by atoms with Gasteiger partial charge in [-0.3, -0.25) is 0 Å². The molecular formula is C12H21N3S. The number of thioether (sulfide) groups is 1. The fourth-order valence-corrected chi connectivity index (χ4v) is 3.10. The highest BCUT2D eigenvalue weighted by Gasteiger charge is 2.14. The zero-order valence-electron chi connectivity index (χ0n) is 9.98. The van der Waals surface area contributed by atoms with Crippen molar-refractivity contribution >= 4 is 17.6 Å². The van der Waals surface area contributed by atoms with Gasteiger partial charge in [0, 0.05) is 18.7 Å². The van der Waals surface area contributed by atoms with E-state index in [0.29, 0.717) is 6.04 Å². The number of rotatable bonds is 5. The van der Waals surface area contributed by atoms with Crippen molar-refractivity contribution in [2.24, 2.45) is 0 Å². The first-order valence-electron chi connectivity index (χ1n) is 6.26. The molecule has 2 heterocycles. The van der Waals surface area contributed by atoms with Gasteiger partial charge >= 0.3 is 0 Å². The number of unbranched alkanes of at least 4 members (excludes halogenated alkanes) is 1. The van der Waals surface area contributed by atoms with Gasteiger partial charge in [0.15, 0.2) is 0 Å². The minimum Gasteiger partial charge on any atom is -0.367 e. The molecule has 0 aromatic carbocycles. The fraction of sp³-hybridized carbons (Fsp3) is 0.750. The average Bonchev–Trinajstić information content (AvgIpc) is 2.75. The van der Waals surface area contributed by atoms with Gasteiger partial charge < -0.3 is 5.32 Å². The van der Waals surface area contributed by atoms with Crippen LogP contribution in [0.4, 0.5) is 5.82 Å². The summed E-state index contributed by atoms with van der Waals surface area (Å²) in [4.78, 5) is 0. The predicted octanol–water partition coefficient (Wildman–Crippen LogP) is 2.99. The molecule has 1 fully saturated rings. The minimum absolute atomic E-state index is 0.651.